The molecule has 1 rings (SSSR count). The van der Waals surface area contributed by atoms with Crippen LogP contribution < -0.4 is 10.1 Å². The molecule has 0 aliphatic rings. The van der Waals surface area contributed by atoms with Crippen LogP contribution in [0.1, 0.15) is 28.8 Å². The molecule has 0 aliphatic heterocycles. The number of carboxylic acids is 1. The first kappa shape index (κ1) is 17.4. The minimum atomic E-state index is -0.984. The molecule has 1 amide bonds. The number of hydrogen-bond acceptors (Lipinski definition) is 4. The predicted molar refractivity (Wildman–Crippen MR) is 84.3 cm³/mol. The third-order valence-electron chi connectivity index (χ3n) is 3.00. The van der Waals surface area contributed by atoms with Gasteiger partial charge in [-0.05, 0) is 42.5 Å². The van der Waals surface area contributed by atoms with E-state index in [1.165, 1.54) is 13.2 Å². The van der Waals surface area contributed by atoms with Crippen LogP contribution in [0.5, 0.6) is 5.75 Å². The van der Waals surface area contributed by atoms with Crippen molar-refractivity contribution in [1.29, 1.82) is 0 Å². The van der Waals surface area contributed by atoms with Crippen LogP contribution >= 0.6 is 11.8 Å². The lowest BCUT2D eigenvalue weighted by Crippen LogP contribution is -2.25. The van der Waals surface area contributed by atoms with E-state index in [2.05, 4.69) is 5.32 Å². The van der Waals surface area contributed by atoms with Crippen molar-refractivity contribution in [3.8, 4) is 5.75 Å². The van der Waals surface area contributed by atoms with Gasteiger partial charge in [0.2, 0.25) is 5.91 Å². The molecule has 0 saturated carbocycles. The number of carbonyl (C=O) groups is 2. The number of aromatic carboxylic acids is 1. The van der Waals surface area contributed by atoms with Crippen LogP contribution in [0.3, 0.4) is 0 Å². The minimum Gasteiger partial charge on any atom is -0.496 e. The predicted octanol–water partition coefficient (Wildman–Crippen LogP) is 2.20. The summed E-state index contributed by atoms with van der Waals surface area (Å²) in [5.41, 5.74) is 1.07. The first-order chi connectivity index (χ1) is 10.1. The van der Waals surface area contributed by atoms with Crippen molar-refractivity contribution >= 4 is 23.6 Å². The maximum atomic E-state index is 11.6. The van der Waals surface area contributed by atoms with Gasteiger partial charge in [-0.1, -0.05) is 6.07 Å². The second-order valence-corrected chi connectivity index (χ2v) is 5.51. The summed E-state index contributed by atoms with van der Waals surface area (Å²) in [6.45, 7) is 0.515. The molecule has 21 heavy (non-hydrogen) atoms. The van der Waals surface area contributed by atoms with Gasteiger partial charge >= 0.3 is 5.97 Å². The van der Waals surface area contributed by atoms with Gasteiger partial charge in [-0.15, -0.1) is 0 Å². The zero-order valence-electron chi connectivity index (χ0n) is 12.3. The Bertz CT molecular complexity index is 491. The highest BCUT2D eigenvalue weighted by Crippen LogP contribution is 2.20. The molecule has 0 aromatic heterocycles. The molecule has 1 aromatic carbocycles. The van der Waals surface area contributed by atoms with E-state index in [9.17, 15) is 9.59 Å². The maximum Gasteiger partial charge on any atom is 0.335 e. The van der Waals surface area contributed by atoms with Gasteiger partial charge in [0.15, 0.2) is 0 Å². The van der Waals surface area contributed by atoms with Gasteiger partial charge in [-0.3, -0.25) is 4.79 Å². The highest BCUT2D eigenvalue weighted by atomic mass is 32.2. The van der Waals surface area contributed by atoms with E-state index in [1.54, 1.807) is 23.9 Å². The highest BCUT2D eigenvalue weighted by molar-refractivity contribution is 7.98. The topological polar surface area (TPSA) is 75.6 Å². The number of thioether (sulfide) groups is 1. The lowest BCUT2D eigenvalue weighted by Gasteiger charge is -2.10. The van der Waals surface area contributed by atoms with Gasteiger partial charge in [0.05, 0.1) is 12.7 Å². The molecule has 0 unspecified atom stereocenters. The first-order valence-electron chi connectivity index (χ1n) is 6.74. The number of carboxylic acid groups (broad SMARTS) is 1. The Balaban J connectivity index is 2.48. The number of nitrogens with one attached hydrogen (secondary N) is 1. The van der Waals surface area contributed by atoms with E-state index >= 15 is 0 Å². The van der Waals surface area contributed by atoms with Crippen LogP contribution in [-0.4, -0.2) is 42.6 Å². The molecule has 0 saturated heterocycles. The Morgan fingerprint density at radius 3 is 2.76 bits per heavy atom. The first-order valence-corrected chi connectivity index (χ1v) is 8.13. The SMILES string of the molecule is COc1cc(C(=O)O)ccc1CCNC(=O)CCCSC. The molecule has 0 atom stereocenters. The monoisotopic (exact) mass is 311 g/mol. The highest BCUT2D eigenvalue weighted by Gasteiger charge is 2.09. The van der Waals surface area contributed by atoms with Gasteiger partial charge < -0.3 is 15.2 Å². The third kappa shape index (κ3) is 6.08. The van der Waals surface area contributed by atoms with Gasteiger partial charge in [-0.25, -0.2) is 4.79 Å². The van der Waals surface area contributed by atoms with Crippen molar-refractivity contribution in [2.45, 2.75) is 19.3 Å². The molecule has 0 radical (unpaired) electrons. The summed E-state index contributed by atoms with van der Waals surface area (Å²) in [7, 11) is 1.51. The summed E-state index contributed by atoms with van der Waals surface area (Å²) >= 11 is 1.73. The Hall–Kier alpha value is -1.69. The number of hydrogen-bond donors (Lipinski definition) is 2. The Labute approximate surface area is 129 Å². The normalized spacial score (nSPS) is 10.2. The lowest BCUT2D eigenvalue weighted by atomic mass is 10.1. The number of methoxy groups -OCH3 is 1. The molecule has 0 fully saturated rings. The lowest BCUT2D eigenvalue weighted by molar-refractivity contribution is -0.121. The van der Waals surface area contributed by atoms with Crippen LogP contribution in [0, 0.1) is 0 Å². The average molecular weight is 311 g/mol. The fourth-order valence-corrected chi connectivity index (χ4v) is 2.32. The molecule has 0 heterocycles. The Morgan fingerprint density at radius 2 is 2.14 bits per heavy atom. The van der Waals surface area contributed by atoms with E-state index in [4.69, 9.17) is 9.84 Å². The average Bonchev–Trinajstić information content (AvgIpc) is 2.47. The quantitative estimate of drug-likeness (QED) is 0.684. The van der Waals surface area contributed by atoms with E-state index in [1.807, 2.05) is 6.26 Å². The smallest absolute Gasteiger partial charge is 0.335 e. The summed E-state index contributed by atoms with van der Waals surface area (Å²) in [5.74, 6) is 0.580. The van der Waals surface area contributed by atoms with Gasteiger partial charge in [-0.2, -0.15) is 11.8 Å². The van der Waals surface area contributed by atoms with E-state index < -0.39 is 5.97 Å². The molecule has 2 N–H and O–H groups in total. The Kier molecular flexibility index (Phi) is 7.68. The molecular weight excluding hydrogens is 290 g/mol. The molecule has 0 spiro atoms. The molecule has 5 nitrogen and oxygen atoms in total. The number of benzene rings is 1. The second kappa shape index (κ2) is 9.28. The number of carbonyl (C=O) groups excluding carboxylic acids is 1. The van der Waals surface area contributed by atoms with Crippen LogP contribution in [-0.2, 0) is 11.2 Å². The van der Waals surface area contributed by atoms with Crippen LogP contribution in [0.2, 0.25) is 0 Å². The van der Waals surface area contributed by atoms with E-state index in [0.29, 0.717) is 25.1 Å². The Morgan fingerprint density at radius 1 is 1.38 bits per heavy atom. The standard InChI is InChI=1S/C15H21NO4S/c1-20-13-10-12(15(18)19)6-5-11(13)7-8-16-14(17)4-3-9-21-2/h5-6,10H,3-4,7-9H2,1-2H3,(H,16,17)(H,18,19). The van der Waals surface area contributed by atoms with E-state index in [-0.39, 0.29) is 11.5 Å². The van der Waals surface area contributed by atoms with Gasteiger partial charge in [0.1, 0.15) is 5.75 Å². The van der Waals surface area contributed by atoms with E-state index in [0.717, 1.165) is 17.7 Å². The maximum absolute atomic E-state index is 11.6. The molecule has 0 aliphatic carbocycles. The van der Waals surface area contributed by atoms with Crippen molar-refractivity contribution < 1.29 is 19.4 Å². The number of rotatable bonds is 9. The number of ether oxygens (including phenoxy) is 1. The van der Waals surface area contributed by atoms with Gasteiger partial charge in [0.25, 0.3) is 0 Å². The fraction of sp³-hybridized carbons (Fsp3) is 0.467. The molecule has 116 valence electrons. The van der Waals surface area contributed by atoms with Crippen LogP contribution in [0.25, 0.3) is 0 Å². The summed E-state index contributed by atoms with van der Waals surface area (Å²) in [4.78, 5) is 22.5. The fourth-order valence-electron chi connectivity index (χ4n) is 1.89. The third-order valence-corrected chi connectivity index (χ3v) is 3.70. The van der Waals surface area contributed by atoms with Crippen molar-refractivity contribution in [2.75, 3.05) is 25.7 Å². The minimum absolute atomic E-state index is 0.0465. The number of amides is 1. The van der Waals surface area contributed by atoms with Crippen molar-refractivity contribution in [3.63, 3.8) is 0 Å². The molecule has 0 bridgehead atoms. The summed E-state index contributed by atoms with van der Waals surface area (Å²) < 4.78 is 5.19. The zero-order chi connectivity index (χ0) is 15.7. The molecular formula is C15H21NO4S. The van der Waals surface area contributed by atoms with Gasteiger partial charge in [0, 0.05) is 13.0 Å². The van der Waals surface area contributed by atoms with Crippen LogP contribution in [0.4, 0.5) is 0 Å². The molecule has 1 aromatic rings. The van der Waals surface area contributed by atoms with Crippen molar-refractivity contribution in [1.82, 2.24) is 5.32 Å². The summed E-state index contributed by atoms with van der Waals surface area (Å²) in [5, 5.41) is 11.8. The van der Waals surface area contributed by atoms with Crippen molar-refractivity contribution in [3.05, 3.63) is 29.3 Å². The van der Waals surface area contributed by atoms with Crippen molar-refractivity contribution in [2.24, 2.45) is 0 Å². The summed E-state index contributed by atoms with van der Waals surface area (Å²) in [6.07, 6.45) is 4.04. The van der Waals surface area contributed by atoms with Crippen LogP contribution in [0.15, 0.2) is 18.2 Å². The summed E-state index contributed by atoms with van der Waals surface area (Å²) in [6, 6.07) is 4.76. The molecule has 6 heteroatoms. The second-order valence-electron chi connectivity index (χ2n) is 4.53. The zero-order valence-corrected chi connectivity index (χ0v) is 13.2. The largest absolute Gasteiger partial charge is 0.496 e.